The Kier molecular flexibility index (Phi) is 4.30. The van der Waals surface area contributed by atoms with E-state index in [1.54, 1.807) is 17.2 Å². The van der Waals surface area contributed by atoms with Crippen molar-refractivity contribution in [3.63, 3.8) is 0 Å². The van der Waals surface area contributed by atoms with Crippen LogP contribution in [0.2, 0.25) is 0 Å². The minimum atomic E-state index is -0.830. The summed E-state index contributed by atoms with van der Waals surface area (Å²) < 4.78 is 0. The fourth-order valence-corrected chi connectivity index (χ4v) is 2.49. The van der Waals surface area contributed by atoms with Gasteiger partial charge in [0, 0.05) is 19.3 Å². The highest BCUT2D eigenvalue weighted by Crippen LogP contribution is 2.22. The molecule has 5 heteroatoms. The molecule has 114 valence electrons. The average molecular weight is 290 g/mol. The number of carboxylic acids is 1. The first-order valence-corrected chi connectivity index (χ1v) is 7.27. The number of piperidine rings is 1. The molecule has 1 aromatic rings. The van der Waals surface area contributed by atoms with E-state index in [1.165, 1.54) is 0 Å². The van der Waals surface area contributed by atoms with Crippen molar-refractivity contribution >= 4 is 11.9 Å². The molecule has 1 fully saturated rings. The van der Waals surface area contributed by atoms with E-state index in [1.807, 2.05) is 6.07 Å². The predicted octanol–water partition coefficient (Wildman–Crippen LogP) is 2.32. The lowest BCUT2D eigenvalue weighted by molar-refractivity contribution is -0.143. The van der Waals surface area contributed by atoms with Crippen LogP contribution >= 0.6 is 0 Å². The van der Waals surface area contributed by atoms with Gasteiger partial charge in [0.2, 0.25) is 0 Å². The van der Waals surface area contributed by atoms with Gasteiger partial charge in [0.05, 0.1) is 5.92 Å². The highest BCUT2D eigenvalue weighted by molar-refractivity contribution is 5.92. The third kappa shape index (κ3) is 3.60. The Morgan fingerprint density at radius 2 is 2.05 bits per heavy atom. The van der Waals surface area contributed by atoms with Gasteiger partial charge >= 0.3 is 5.97 Å². The second-order valence-electron chi connectivity index (χ2n) is 6.61. The lowest BCUT2D eigenvalue weighted by Crippen LogP contribution is -2.42. The molecule has 0 spiro atoms. The monoisotopic (exact) mass is 290 g/mol. The van der Waals surface area contributed by atoms with Gasteiger partial charge in [-0.15, -0.1) is 0 Å². The molecule has 0 aliphatic carbocycles. The summed E-state index contributed by atoms with van der Waals surface area (Å²) in [6, 6.07) is 3.64. The number of carboxylic acid groups (broad SMARTS) is 1. The Bertz CT molecular complexity index is 531. The van der Waals surface area contributed by atoms with E-state index < -0.39 is 11.9 Å². The summed E-state index contributed by atoms with van der Waals surface area (Å²) in [6.07, 6.45) is 3.09. The maximum Gasteiger partial charge on any atom is 0.308 e. The van der Waals surface area contributed by atoms with Gasteiger partial charge in [0.15, 0.2) is 0 Å². The number of likely N-dealkylation sites (tertiary alicyclic amines) is 1. The Hall–Kier alpha value is -1.91. The summed E-state index contributed by atoms with van der Waals surface area (Å²) in [7, 11) is 0. The van der Waals surface area contributed by atoms with Gasteiger partial charge in [0.25, 0.3) is 5.91 Å². The Labute approximate surface area is 125 Å². The van der Waals surface area contributed by atoms with E-state index in [4.69, 9.17) is 5.11 Å². The van der Waals surface area contributed by atoms with Crippen molar-refractivity contribution in [2.24, 2.45) is 5.92 Å². The predicted molar refractivity (Wildman–Crippen MR) is 79.2 cm³/mol. The molecule has 0 saturated carbocycles. The average Bonchev–Trinajstić information content (AvgIpc) is 2.46. The van der Waals surface area contributed by atoms with Crippen LogP contribution in [0.3, 0.4) is 0 Å². The number of aliphatic carboxylic acids is 1. The zero-order chi connectivity index (χ0) is 15.6. The SMILES string of the molecule is CC(C)(C)c1ccc(C(=O)N2CCCC(C(=O)O)C2)nc1. The van der Waals surface area contributed by atoms with Crippen molar-refractivity contribution in [3.05, 3.63) is 29.6 Å². The smallest absolute Gasteiger partial charge is 0.308 e. The van der Waals surface area contributed by atoms with Gasteiger partial charge in [-0.3, -0.25) is 14.6 Å². The molecule has 2 rings (SSSR count). The first-order valence-electron chi connectivity index (χ1n) is 7.27. The molecule has 1 N–H and O–H groups in total. The molecule has 0 aromatic carbocycles. The zero-order valence-corrected chi connectivity index (χ0v) is 12.8. The molecule has 1 atom stereocenters. The zero-order valence-electron chi connectivity index (χ0n) is 12.8. The molecule has 1 saturated heterocycles. The van der Waals surface area contributed by atoms with Gasteiger partial charge in [-0.05, 0) is 29.9 Å². The lowest BCUT2D eigenvalue weighted by atomic mass is 9.88. The van der Waals surface area contributed by atoms with Crippen molar-refractivity contribution in [2.75, 3.05) is 13.1 Å². The number of carbonyl (C=O) groups excluding carboxylic acids is 1. The summed E-state index contributed by atoms with van der Waals surface area (Å²) in [5.41, 5.74) is 1.45. The first-order chi connectivity index (χ1) is 9.79. The summed E-state index contributed by atoms with van der Waals surface area (Å²) in [4.78, 5) is 29.3. The Morgan fingerprint density at radius 3 is 2.57 bits per heavy atom. The fraction of sp³-hybridized carbons (Fsp3) is 0.562. The van der Waals surface area contributed by atoms with Crippen LogP contribution in [-0.4, -0.2) is 40.0 Å². The topological polar surface area (TPSA) is 70.5 Å². The summed E-state index contributed by atoms with van der Waals surface area (Å²) in [5, 5.41) is 9.08. The standard InChI is InChI=1S/C16H22N2O3/c1-16(2,3)12-6-7-13(17-9-12)14(19)18-8-4-5-11(10-18)15(20)21/h6-7,9,11H,4-5,8,10H2,1-3H3,(H,20,21). The molecule has 2 heterocycles. The van der Waals surface area contributed by atoms with Crippen molar-refractivity contribution in [3.8, 4) is 0 Å². The number of rotatable bonds is 2. The Morgan fingerprint density at radius 1 is 1.33 bits per heavy atom. The van der Waals surface area contributed by atoms with E-state index in [2.05, 4.69) is 25.8 Å². The molecular formula is C16H22N2O3. The summed E-state index contributed by atoms with van der Waals surface area (Å²) >= 11 is 0. The molecule has 0 radical (unpaired) electrons. The van der Waals surface area contributed by atoms with E-state index in [-0.39, 0.29) is 17.9 Å². The van der Waals surface area contributed by atoms with Crippen LogP contribution in [-0.2, 0) is 10.2 Å². The number of carbonyl (C=O) groups is 2. The fourth-order valence-electron chi connectivity index (χ4n) is 2.49. The van der Waals surface area contributed by atoms with E-state index in [9.17, 15) is 9.59 Å². The third-order valence-corrected chi connectivity index (χ3v) is 3.91. The van der Waals surface area contributed by atoms with Crippen LogP contribution in [0, 0.1) is 5.92 Å². The third-order valence-electron chi connectivity index (χ3n) is 3.91. The number of hydrogen-bond donors (Lipinski definition) is 1. The van der Waals surface area contributed by atoms with E-state index >= 15 is 0 Å². The minimum absolute atomic E-state index is 0.00585. The van der Waals surface area contributed by atoms with Crippen molar-refractivity contribution in [1.29, 1.82) is 0 Å². The van der Waals surface area contributed by atoms with E-state index in [0.717, 1.165) is 12.0 Å². The molecule has 1 aliphatic rings. The molecule has 0 bridgehead atoms. The number of amides is 1. The Balaban J connectivity index is 2.11. The largest absolute Gasteiger partial charge is 0.481 e. The maximum absolute atomic E-state index is 12.4. The van der Waals surface area contributed by atoms with Crippen LogP contribution in [0.25, 0.3) is 0 Å². The maximum atomic E-state index is 12.4. The second-order valence-corrected chi connectivity index (χ2v) is 6.61. The van der Waals surface area contributed by atoms with Gasteiger partial charge in [-0.1, -0.05) is 26.8 Å². The van der Waals surface area contributed by atoms with Gasteiger partial charge in [0.1, 0.15) is 5.69 Å². The first kappa shape index (κ1) is 15.5. The molecule has 1 unspecified atom stereocenters. The molecule has 1 aromatic heterocycles. The van der Waals surface area contributed by atoms with Crippen LogP contribution in [0.4, 0.5) is 0 Å². The van der Waals surface area contributed by atoms with Crippen LogP contribution < -0.4 is 0 Å². The van der Waals surface area contributed by atoms with Crippen LogP contribution in [0.15, 0.2) is 18.3 Å². The number of aromatic nitrogens is 1. The number of pyridine rings is 1. The van der Waals surface area contributed by atoms with Gasteiger partial charge in [-0.25, -0.2) is 0 Å². The minimum Gasteiger partial charge on any atom is -0.481 e. The van der Waals surface area contributed by atoms with Crippen LogP contribution in [0.1, 0.15) is 49.7 Å². The molecule has 21 heavy (non-hydrogen) atoms. The molecule has 1 amide bonds. The highest BCUT2D eigenvalue weighted by Gasteiger charge is 2.29. The summed E-state index contributed by atoms with van der Waals surface area (Å²) in [6.45, 7) is 7.15. The van der Waals surface area contributed by atoms with Crippen LogP contribution in [0.5, 0.6) is 0 Å². The normalized spacial score (nSPS) is 19.4. The van der Waals surface area contributed by atoms with Gasteiger partial charge < -0.3 is 10.0 Å². The summed E-state index contributed by atoms with van der Waals surface area (Å²) in [5.74, 6) is -1.47. The van der Waals surface area contributed by atoms with Gasteiger partial charge in [-0.2, -0.15) is 0 Å². The van der Waals surface area contributed by atoms with E-state index in [0.29, 0.717) is 18.7 Å². The lowest BCUT2D eigenvalue weighted by Gasteiger charge is -2.30. The van der Waals surface area contributed by atoms with Crippen molar-refractivity contribution in [2.45, 2.75) is 39.0 Å². The number of nitrogens with zero attached hydrogens (tertiary/aromatic N) is 2. The highest BCUT2D eigenvalue weighted by atomic mass is 16.4. The van der Waals surface area contributed by atoms with Crippen molar-refractivity contribution < 1.29 is 14.7 Å². The second kappa shape index (κ2) is 5.84. The number of hydrogen-bond acceptors (Lipinski definition) is 3. The molecular weight excluding hydrogens is 268 g/mol. The van der Waals surface area contributed by atoms with Crippen molar-refractivity contribution in [1.82, 2.24) is 9.88 Å². The molecule has 5 nitrogen and oxygen atoms in total. The quantitative estimate of drug-likeness (QED) is 0.907. The molecule has 1 aliphatic heterocycles.